The summed E-state index contributed by atoms with van der Waals surface area (Å²) >= 11 is 0. The maximum atomic E-state index is 11.5. The second-order valence-electron chi connectivity index (χ2n) is 6.49. The summed E-state index contributed by atoms with van der Waals surface area (Å²) in [6.45, 7) is 10.8. The number of hydrogen-bond donors (Lipinski definition) is 1. The number of nitrogens with one attached hydrogen (secondary N) is 1. The summed E-state index contributed by atoms with van der Waals surface area (Å²) in [7, 11) is 0. The summed E-state index contributed by atoms with van der Waals surface area (Å²) < 4.78 is 0. The molecule has 0 saturated heterocycles. The van der Waals surface area contributed by atoms with Gasteiger partial charge in [-0.15, -0.1) is 0 Å². The number of carbonyl (C=O) groups is 1. The Labute approximate surface area is 135 Å². The van der Waals surface area contributed by atoms with E-state index in [4.69, 9.17) is 0 Å². The molecule has 3 heteroatoms. The van der Waals surface area contributed by atoms with Gasteiger partial charge < -0.3 is 5.32 Å². The highest BCUT2D eigenvalue weighted by Crippen LogP contribution is 2.39. The van der Waals surface area contributed by atoms with Crippen LogP contribution in [0.4, 0.5) is 5.69 Å². The van der Waals surface area contributed by atoms with Crippen LogP contribution in [0.2, 0.25) is 0 Å². The van der Waals surface area contributed by atoms with Gasteiger partial charge in [-0.2, -0.15) is 0 Å². The number of amides is 1. The Morgan fingerprint density at radius 1 is 1.27 bits per heavy atom. The zero-order valence-electron chi connectivity index (χ0n) is 14.5. The summed E-state index contributed by atoms with van der Waals surface area (Å²) in [4.78, 5) is 14.2. The maximum absolute atomic E-state index is 11.5. The van der Waals surface area contributed by atoms with Gasteiger partial charge in [0.05, 0.1) is 0 Å². The fourth-order valence-electron chi connectivity index (χ4n) is 3.93. The van der Waals surface area contributed by atoms with E-state index in [1.54, 1.807) is 6.92 Å². The van der Waals surface area contributed by atoms with Crippen LogP contribution < -0.4 is 5.32 Å². The molecule has 1 amide bonds. The molecular formula is C19H30N2O. The first kappa shape index (κ1) is 17.0. The van der Waals surface area contributed by atoms with E-state index >= 15 is 0 Å². The molecule has 1 aliphatic rings. The molecule has 3 nitrogen and oxygen atoms in total. The minimum Gasteiger partial charge on any atom is -0.326 e. The molecule has 122 valence electrons. The van der Waals surface area contributed by atoms with E-state index in [0.29, 0.717) is 12.0 Å². The minimum atomic E-state index is 0.0155. The maximum Gasteiger partial charge on any atom is 0.221 e. The third-order valence-corrected chi connectivity index (χ3v) is 4.74. The molecule has 0 heterocycles. The first-order chi connectivity index (χ1) is 10.6. The quantitative estimate of drug-likeness (QED) is 0.854. The molecule has 0 bridgehead atoms. The number of aryl methyl sites for hydroxylation is 1. The lowest BCUT2D eigenvalue weighted by atomic mass is 9.78. The highest BCUT2D eigenvalue weighted by atomic mass is 16.1. The van der Waals surface area contributed by atoms with Crippen molar-refractivity contribution in [3.8, 4) is 0 Å². The first-order valence-electron chi connectivity index (χ1n) is 8.71. The number of rotatable bonds is 6. The molecular weight excluding hydrogens is 272 g/mol. The fraction of sp³-hybridized carbons (Fsp3) is 0.632. The molecule has 0 aromatic heterocycles. The summed E-state index contributed by atoms with van der Waals surface area (Å²) in [5.74, 6) is 0.478. The lowest BCUT2D eigenvalue weighted by Gasteiger charge is -2.40. The molecule has 0 aliphatic heterocycles. The highest BCUT2D eigenvalue weighted by molar-refractivity contribution is 5.90. The molecule has 2 unspecified atom stereocenters. The van der Waals surface area contributed by atoms with Gasteiger partial charge in [-0.1, -0.05) is 32.9 Å². The van der Waals surface area contributed by atoms with E-state index in [0.717, 1.165) is 12.1 Å². The van der Waals surface area contributed by atoms with Crippen molar-refractivity contribution in [3.63, 3.8) is 0 Å². The Bertz CT molecular complexity index is 506. The van der Waals surface area contributed by atoms with Crippen molar-refractivity contribution < 1.29 is 4.79 Å². The Balaban J connectivity index is 2.30. The summed E-state index contributed by atoms with van der Waals surface area (Å²) in [6.07, 6.45) is 4.73. The third kappa shape index (κ3) is 3.70. The van der Waals surface area contributed by atoms with Gasteiger partial charge in [-0.05, 0) is 61.9 Å². The van der Waals surface area contributed by atoms with Gasteiger partial charge in [-0.3, -0.25) is 9.69 Å². The average Bonchev–Trinajstić information content (AvgIpc) is 2.47. The number of benzene rings is 1. The predicted molar refractivity (Wildman–Crippen MR) is 93.4 cm³/mol. The Morgan fingerprint density at radius 3 is 2.55 bits per heavy atom. The lowest BCUT2D eigenvalue weighted by molar-refractivity contribution is -0.114. The van der Waals surface area contributed by atoms with Crippen LogP contribution in [0, 0.1) is 0 Å². The topological polar surface area (TPSA) is 32.3 Å². The molecule has 1 aromatic rings. The van der Waals surface area contributed by atoms with Gasteiger partial charge in [0, 0.05) is 18.7 Å². The lowest BCUT2D eigenvalue weighted by Crippen LogP contribution is -2.42. The van der Waals surface area contributed by atoms with E-state index in [1.807, 2.05) is 6.07 Å². The molecule has 0 spiro atoms. The van der Waals surface area contributed by atoms with Crippen molar-refractivity contribution in [1.82, 2.24) is 4.90 Å². The number of fused-ring (bicyclic) bond motifs is 1. The molecule has 1 aliphatic carbocycles. The normalized spacial score (nSPS) is 20.8. The summed E-state index contributed by atoms with van der Waals surface area (Å²) in [5, 5.41) is 3.03. The molecule has 2 atom stereocenters. The molecule has 2 rings (SSSR count). The second-order valence-corrected chi connectivity index (χ2v) is 6.49. The van der Waals surface area contributed by atoms with E-state index in [2.05, 4.69) is 43.1 Å². The molecule has 22 heavy (non-hydrogen) atoms. The number of anilines is 1. The van der Waals surface area contributed by atoms with Crippen molar-refractivity contribution in [3.05, 3.63) is 29.3 Å². The van der Waals surface area contributed by atoms with E-state index < -0.39 is 0 Å². The largest absolute Gasteiger partial charge is 0.326 e. The van der Waals surface area contributed by atoms with Crippen molar-refractivity contribution >= 4 is 11.6 Å². The van der Waals surface area contributed by atoms with Gasteiger partial charge in [0.1, 0.15) is 0 Å². The Morgan fingerprint density at radius 2 is 1.95 bits per heavy atom. The summed E-state index contributed by atoms with van der Waals surface area (Å²) in [5.41, 5.74) is 3.77. The van der Waals surface area contributed by atoms with Crippen LogP contribution >= 0.6 is 0 Å². The van der Waals surface area contributed by atoms with Gasteiger partial charge >= 0.3 is 0 Å². The van der Waals surface area contributed by atoms with Crippen LogP contribution in [-0.4, -0.2) is 29.9 Å². The molecule has 1 aromatic carbocycles. The number of nitrogens with zero attached hydrogens (tertiary/aromatic N) is 1. The van der Waals surface area contributed by atoms with Crippen LogP contribution in [-0.2, 0) is 11.2 Å². The minimum absolute atomic E-state index is 0.0155. The third-order valence-electron chi connectivity index (χ3n) is 4.74. The Hall–Kier alpha value is -1.35. The fourth-order valence-corrected chi connectivity index (χ4v) is 3.93. The second kappa shape index (κ2) is 7.77. The van der Waals surface area contributed by atoms with Crippen LogP contribution in [0.25, 0.3) is 0 Å². The molecule has 0 radical (unpaired) electrons. The van der Waals surface area contributed by atoms with Crippen molar-refractivity contribution in [2.75, 3.05) is 18.4 Å². The molecule has 1 N–H and O–H groups in total. The highest BCUT2D eigenvalue weighted by Gasteiger charge is 2.31. The van der Waals surface area contributed by atoms with E-state index in [-0.39, 0.29) is 5.91 Å². The Kier molecular flexibility index (Phi) is 6.01. The zero-order chi connectivity index (χ0) is 16.1. The van der Waals surface area contributed by atoms with Crippen molar-refractivity contribution in [2.24, 2.45) is 0 Å². The smallest absolute Gasteiger partial charge is 0.221 e. The van der Waals surface area contributed by atoms with Crippen LogP contribution in [0.5, 0.6) is 0 Å². The van der Waals surface area contributed by atoms with E-state index in [9.17, 15) is 4.79 Å². The van der Waals surface area contributed by atoms with Crippen LogP contribution in [0.3, 0.4) is 0 Å². The predicted octanol–water partition coefficient (Wildman–Crippen LogP) is 4.19. The number of carbonyl (C=O) groups excluding carboxylic acids is 1. The van der Waals surface area contributed by atoms with E-state index in [1.165, 1.54) is 43.5 Å². The SMILES string of the molecule is CCCN(CCC)C1CCc2cccc(NC(C)=O)c2C1C. The van der Waals surface area contributed by atoms with Gasteiger partial charge in [0.2, 0.25) is 5.91 Å². The first-order valence-corrected chi connectivity index (χ1v) is 8.71. The molecule has 0 fully saturated rings. The van der Waals surface area contributed by atoms with Crippen LogP contribution in [0.1, 0.15) is 64.0 Å². The monoisotopic (exact) mass is 302 g/mol. The van der Waals surface area contributed by atoms with Crippen molar-refractivity contribution in [1.29, 1.82) is 0 Å². The summed E-state index contributed by atoms with van der Waals surface area (Å²) in [6, 6.07) is 6.91. The standard InChI is InChI=1S/C19H30N2O/c1-5-12-21(13-6-2)18-11-10-16-8-7-9-17(20-15(4)22)19(16)14(18)3/h7-9,14,18H,5-6,10-13H2,1-4H3,(H,20,22). The zero-order valence-corrected chi connectivity index (χ0v) is 14.5. The van der Waals surface area contributed by atoms with Gasteiger partial charge in [-0.25, -0.2) is 0 Å². The molecule has 0 saturated carbocycles. The van der Waals surface area contributed by atoms with Crippen molar-refractivity contribution in [2.45, 2.75) is 65.3 Å². The van der Waals surface area contributed by atoms with Gasteiger partial charge in [0.25, 0.3) is 0 Å². The number of hydrogen-bond acceptors (Lipinski definition) is 2. The van der Waals surface area contributed by atoms with Crippen LogP contribution in [0.15, 0.2) is 18.2 Å². The van der Waals surface area contributed by atoms with Gasteiger partial charge in [0.15, 0.2) is 0 Å². The average molecular weight is 302 g/mol.